The molecule has 3 nitrogen and oxygen atoms in total. The molecule has 2 aromatic rings. The predicted molar refractivity (Wildman–Crippen MR) is 37.7 cm³/mol. The van der Waals surface area contributed by atoms with Crippen LogP contribution in [0.4, 0.5) is 4.39 Å². The van der Waals surface area contributed by atoms with Crippen molar-refractivity contribution < 1.29 is 4.39 Å². The number of rotatable bonds is 0. The summed E-state index contributed by atoms with van der Waals surface area (Å²) in [6.45, 7) is 1.88. The Labute approximate surface area is 62.5 Å². The second kappa shape index (κ2) is 2.02. The topological polar surface area (TPSA) is 30.2 Å². The molecule has 0 aromatic carbocycles. The Bertz CT molecular complexity index is 393. The van der Waals surface area contributed by atoms with E-state index in [1.54, 1.807) is 12.4 Å². The summed E-state index contributed by atoms with van der Waals surface area (Å²) >= 11 is 0. The monoisotopic (exact) mass is 151 g/mol. The van der Waals surface area contributed by atoms with Gasteiger partial charge >= 0.3 is 0 Å². The van der Waals surface area contributed by atoms with Crippen molar-refractivity contribution in [2.24, 2.45) is 0 Å². The molecule has 0 fully saturated rings. The van der Waals surface area contributed by atoms with Crippen LogP contribution >= 0.6 is 0 Å². The first kappa shape index (κ1) is 6.27. The van der Waals surface area contributed by atoms with Gasteiger partial charge < -0.3 is 0 Å². The lowest BCUT2D eigenvalue weighted by Crippen LogP contribution is -1.90. The summed E-state index contributed by atoms with van der Waals surface area (Å²) < 4.78 is 14.2. The van der Waals surface area contributed by atoms with E-state index < -0.39 is 0 Å². The Morgan fingerprint density at radius 1 is 1.45 bits per heavy atom. The highest BCUT2D eigenvalue weighted by Crippen LogP contribution is 2.04. The maximum Gasteiger partial charge on any atom is 0.191 e. The van der Waals surface area contributed by atoms with Crippen LogP contribution in [0.15, 0.2) is 18.6 Å². The van der Waals surface area contributed by atoms with Gasteiger partial charge in [-0.25, -0.2) is 13.9 Å². The fraction of sp³-hybridized carbons (Fsp3) is 0.143. The largest absolute Gasteiger partial charge is 0.234 e. The number of aromatic nitrogens is 3. The second-order valence-corrected chi connectivity index (χ2v) is 2.39. The number of halogens is 1. The molecule has 0 saturated carbocycles. The highest BCUT2D eigenvalue weighted by Gasteiger charge is 2.02. The molecular weight excluding hydrogens is 145 g/mol. The third kappa shape index (κ3) is 0.869. The molecule has 0 aliphatic rings. The Hall–Kier alpha value is -1.45. The van der Waals surface area contributed by atoms with E-state index in [4.69, 9.17) is 0 Å². The predicted octanol–water partition coefficient (Wildman–Crippen LogP) is 1.18. The Morgan fingerprint density at radius 2 is 2.27 bits per heavy atom. The molecule has 0 radical (unpaired) electrons. The van der Waals surface area contributed by atoms with E-state index in [1.807, 2.05) is 6.92 Å². The van der Waals surface area contributed by atoms with Gasteiger partial charge in [-0.1, -0.05) is 0 Å². The van der Waals surface area contributed by atoms with Gasteiger partial charge in [0.2, 0.25) is 0 Å². The lowest BCUT2D eigenvalue weighted by Gasteiger charge is -1.92. The van der Waals surface area contributed by atoms with E-state index in [0.717, 1.165) is 11.8 Å². The summed E-state index contributed by atoms with van der Waals surface area (Å²) in [6.07, 6.45) is 4.49. The molecule has 0 saturated heterocycles. The lowest BCUT2D eigenvalue weighted by molar-refractivity contribution is 0.636. The minimum absolute atomic E-state index is 0.274. The zero-order valence-corrected chi connectivity index (χ0v) is 5.95. The SMILES string of the molecule is Cc1cnc2c(F)cnn2c1. The maximum atomic E-state index is 12.7. The molecule has 0 aliphatic heterocycles. The number of aryl methyl sites for hydroxylation is 1. The lowest BCUT2D eigenvalue weighted by atomic mass is 10.4. The second-order valence-electron chi connectivity index (χ2n) is 2.39. The van der Waals surface area contributed by atoms with Gasteiger partial charge in [0, 0.05) is 12.4 Å². The van der Waals surface area contributed by atoms with Gasteiger partial charge in [0.05, 0.1) is 6.20 Å². The average Bonchev–Trinajstić information content (AvgIpc) is 2.32. The van der Waals surface area contributed by atoms with Crippen molar-refractivity contribution in [2.75, 3.05) is 0 Å². The molecule has 56 valence electrons. The first-order chi connectivity index (χ1) is 5.27. The number of hydrogen-bond acceptors (Lipinski definition) is 2. The smallest absolute Gasteiger partial charge is 0.191 e. The maximum absolute atomic E-state index is 12.7. The minimum Gasteiger partial charge on any atom is -0.234 e. The molecule has 0 amide bonds. The molecule has 0 atom stereocenters. The summed E-state index contributed by atoms with van der Waals surface area (Å²) in [6, 6.07) is 0. The molecule has 0 aliphatic carbocycles. The molecule has 4 heteroatoms. The number of nitrogens with zero attached hydrogens (tertiary/aromatic N) is 3. The van der Waals surface area contributed by atoms with Crippen LogP contribution in [-0.2, 0) is 0 Å². The summed E-state index contributed by atoms with van der Waals surface area (Å²) in [5.41, 5.74) is 1.23. The van der Waals surface area contributed by atoms with Crippen LogP contribution in [0.1, 0.15) is 5.56 Å². The van der Waals surface area contributed by atoms with Crippen LogP contribution in [-0.4, -0.2) is 14.6 Å². The van der Waals surface area contributed by atoms with Gasteiger partial charge in [-0.15, -0.1) is 0 Å². The van der Waals surface area contributed by atoms with Crippen LogP contribution in [0.5, 0.6) is 0 Å². The third-order valence-corrected chi connectivity index (χ3v) is 1.44. The molecule has 0 bridgehead atoms. The van der Waals surface area contributed by atoms with Crippen LogP contribution in [0, 0.1) is 12.7 Å². The summed E-state index contributed by atoms with van der Waals surface area (Å²) in [5, 5.41) is 3.76. The van der Waals surface area contributed by atoms with Crippen molar-refractivity contribution in [1.82, 2.24) is 14.6 Å². The van der Waals surface area contributed by atoms with Crippen molar-refractivity contribution in [3.8, 4) is 0 Å². The van der Waals surface area contributed by atoms with E-state index in [2.05, 4.69) is 10.1 Å². The zero-order chi connectivity index (χ0) is 7.84. The normalized spacial score (nSPS) is 10.7. The molecule has 0 N–H and O–H groups in total. The standard InChI is InChI=1S/C7H6FN3/c1-5-2-9-7-6(8)3-10-11(7)4-5/h2-4H,1H3. The summed E-state index contributed by atoms with van der Waals surface area (Å²) in [7, 11) is 0. The van der Waals surface area contributed by atoms with Crippen molar-refractivity contribution >= 4 is 5.65 Å². The van der Waals surface area contributed by atoms with E-state index in [0.29, 0.717) is 0 Å². The first-order valence-electron chi connectivity index (χ1n) is 3.23. The molecule has 0 spiro atoms. The zero-order valence-electron chi connectivity index (χ0n) is 5.95. The molecular formula is C7H6FN3. The van der Waals surface area contributed by atoms with Crippen molar-refractivity contribution in [2.45, 2.75) is 6.92 Å². The van der Waals surface area contributed by atoms with Crippen LogP contribution in [0.2, 0.25) is 0 Å². The molecule has 2 rings (SSSR count). The van der Waals surface area contributed by atoms with E-state index in [-0.39, 0.29) is 11.5 Å². The first-order valence-corrected chi connectivity index (χ1v) is 3.23. The Morgan fingerprint density at radius 3 is 3.09 bits per heavy atom. The highest BCUT2D eigenvalue weighted by atomic mass is 19.1. The summed E-state index contributed by atoms with van der Waals surface area (Å²) in [5.74, 6) is -0.384. The van der Waals surface area contributed by atoms with Gasteiger partial charge in [-0.3, -0.25) is 0 Å². The van der Waals surface area contributed by atoms with E-state index in [1.165, 1.54) is 4.52 Å². The van der Waals surface area contributed by atoms with Gasteiger partial charge in [0.25, 0.3) is 0 Å². The molecule has 11 heavy (non-hydrogen) atoms. The molecule has 0 unspecified atom stereocenters. The fourth-order valence-electron chi connectivity index (χ4n) is 0.939. The molecule has 2 aromatic heterocycles. The van der Waals surface area contributed by atoms with Crippen LogP contribution in [0.25, 0.3) is 5.65 Å². The molecule has 2 heterocycles. The van der Waals surface area contributed by atoms with E-state index >= 15 is 0 Å². The van der Waals surface area contributed by atoms with E-state index in [9.17, 15) is 4.39 Å². The highest BCUT2D eigenvalue weighted by molar-refractivity contribution is 5.37. The van der Waals surface area contributed by atoms with Gasteiger partial charge in [0.15, 0.2) is 11.5 Å². The third-order valence-electron chi connectivity index (χ3n) is 1.44. The van der Waals surface area contributed by atoms with Gasteiger partial charge in [-0.05, 0) is 12.5 Å². The number of hydrogen-bond donors (Lipinski definition) is 0. The van der Waals surface area contributed by atoms with Crippen molar-refractivity contribution in [1.29, 1.82) is 0 Å². The average molecular weight is 151 g/mol. The Balaban J connectivity index is 2.86. The van der Waals surface area contributed by atoms with Crippen LogP contribution in [0.3, 0.4) is 0 Å². The summed E-state index contributed by atoms with van der Waals surface area (Å²) in [4.78, 5) is 3.87. The van der Waals surface area contributed by atoms with Crippen LogP contribution < -0.4 is 0 Å². The van der Waals surface area contributed by atoms with Gasteiger partial charge in [-0.2, -0.15) is 5.10 Å². The van der Waals surface area contributed by atoms with Crippen molar-refractivity contribution in [3.05, 3.63) is 30.0 Å². The van der Waals surface area contributed by atoms with Crippen molar-refractivity contribution in [3.63, 3.8) is 0 Å². The quantitative estimate of drug-likeness (QED) is 0.565. The fourth-order valence-corrected chi connectivity index (χ4v) is 0.939. The van der Waals surface area contributed by atoms with Gasteiger partial charge in [0.1, 0.15) is 0 Å². The minimum atomic E-state index is -0.384. The number of fused-ring (bicyclic) bond motifs is 1. The Kier molecular flexibility index (Phi) is 1.15.